The first-order valence-electron chi connectivity index (χ1n) is 6.27. The lowest BCUT2D eigenvalue weighted by Gasteiger charge is -2.15. The molecule has 1 atom stereocenters. The minimum atomic E-state index is -0.238. The molecule has 0 saturated heterocycles. The first-order valence-corrected chi connectivity index (χ1v) is 7.44. The monoisotopic (exact) mass is 362 g/mol. The molecule has 21 heavy (non-hydrogen) atoms. The van der Waals surface area contributed by atoms with Gasteiger partial charge in [0.25, 0.3) is 5.91 Å². The van der Waals surface area contributed by atoms with Gasteiger partial charge >= 0.3 is 0 Å². The van der Waals surface area contributed by atoms with E-state index < -0.39 is 0 Å². The standard InChI is InChI=1S/C16H12BrClN2O/c1-10(12-4-2-11(9-19)3-5-12)20-16(21)14-8-13(17)6-7-15(14)18/h2-8,10H,1H3,(H,20,21). The van der Waals surface area contributed by atoms with E-state index in [-0.39, 0.29) is 11.9 Å². The van der Waals surface area contributed by atoms with Gasteiger partial charge in [-0.25, -0.2) is 0 Å². The molecule has 1 amide bonds. The van der Waals surface area contributed by atoms with E-state index in [9.17, 15) is 4.79 Å². The van der Waals surface area contributed by atoms with Crippen LogP contribution in [0.4, 0.5) is 0 Å². The summed E-state index contributed by atoms with van der Waals surface area (Å²) in [5.41, 5.74) is 1.94. The molecular weight excluding hydrogens is 352 g/mol. The van der Waals surface area contributed by atoms with Crippen LogP contribution in [-0.4, -0.2) is 5.91 Å². The van der Waals surface area contributed by atoms with E-state index in [4.69, 9.17) is 16.9 Å². The number of carbonyl (C=O) groups is 1. The summed E-state index contributed by atoms with van der Waals surface area (Å²) >= 11 is 9.36. The molecule has 0 radical (unpaired) electrons. The average Bonchev–Trinajstić information content (AvgIpc) is 2.49. The number of hydrogen-bond acceptors (Lipinski definition) is 2. The molecule has 0 bridgehead atoms. The van der Waals surface area contributed by atoms with E-state index in [1.165, 1.54) is 0 Å². The van der Waals surface area contributed by atoms with Crippen molar-refractivity contribution in [2.45, 2.75) is 13.0 Å². The smallest absolute Gasteiger partial charge is 0.253 e. The molecule has 0 aliphatic heterocycles. The van der Waals surface area contributed by atoms with Gasteiger partial charge in [-0.05, 0) is 42.8 Å². The zero-order valence-electron chi connectivity index (χ0n) is 11.2. The minimum Gasteiger partial charge on any atom is -0.345 e. The predicted molar refractivity (Wildman–Crippen MR) is 86.2 cm³/mol. The molecule has 106 valence electrons. The Balaban J connectivity index is 2.14. The van der Waals surface area contributed by atoms with Crippen molar-refractivity contribution in [3.05, 3.63) is 68.7 Å². The normalized spacial score (nSPS) is 11.5. The molecular formula is C16H12BrClN2O. The van der Waals surface area contributed by atoms with Gasteiger partial charge < -0.3 is 5.32 Å². The second-order valence-corrected chi connectivity index (χ2v) is 5.88. The number of nitriles is 1. The van der Waals surface area contributed by atoms with Crippen molar-refractivity contribution in [3.8, 4) is 6.07 Å². The minimum absolute atomic E-state index is 0.180. The van der Waals surface area contributed by atoms with Crippen LogP contribution >= 0.6 is 27.5 Å². The lowest BCUT2D eigenvalue weighted by Crippen LogP contribution is -2.26. The summed E-state index contributed by atoms with van der Waals surface area (Å²) < 4.78 is 0.795. The summed E-state index contributed by atoms with van der Waals surface area (Å²) in [5.74, 6) is -0.238. The number of halogens is 2. The van der Waals surface area contributed by atoms with Crippen molar-refractivity contribution in [1.29, 1.82) is 5.26 Å². The molecule has 1 unspecified atom stereocenters. The molecule has 2 aromatic carbocycles. The predicted octanol–water partition coefficient (Wildman–Crippen LogP) is 4.47. The zero-order valence-corrected chi connectivity index (χ0v) is 13.6. The topological polar surface area (TPSA) is 52.9 Å². The highest BCUT2D eigenvalue weighted by Crippen LogP contribution is 2.22. The Morgan fingerprint density at radius 3 is 2.57 bits per heavy atom. The molecule has 0 aliphatic rings. The number of rotatable bonds is 3. The largest absolute Gasteiger partial charge is 0.345 e. The first-order chi connectivity index (χ1) is 10.0. The van der Waals surface area contributed by atoms with Crippen LogP contribution in [0.15, 0.2) is 46.9 Å². The molecule has 0 heterocycles. The van der Waals surface area contributed by atoms with Crippen molar-refractivity contribution in [2.24, 2.45) is 0 Å². The van der Waals surface area contributed by atoms with Crippen LogP contribution in [0.2, 0.25) is 5.02 Å². The van der Waals surface area contributed by atoms with E-state index in [0.29, 0.717) is 16.1 Å². The second-order valence-electron chi connectivity index (χ2n) is 4.55. The Labute approximate surface area is 136 Å². The number of nitrogens with zero attached hydrogens (tertiary/aromatic N) is 1. The Kier molecular flexibility index (Phi) is 5.00. The van der Waals surface area contributed by atoms with Gasteiger partial charge in [0.15, 0.2) is 0 Å². The van der Waals surface area contributed by atoms with E-state index in [1.807, 2.05) is 19.1 Å². The summed E-state index contributed by atoms with van der Waals surface area (Å²) in [6.07, 6.45) is 0. The molecule has 2 rings (SSSR count). The molecule has 0 aromatic heterocycles. The fourth-order valence-corrected chi connectivity index (χ4v) is 2.44. The fraction of sp³-hybridized carbons (Fsp3) is 0.125. The molecule has 5 heteroatoms. The van der Waals surface area contributed by atoms with Gasteiger partial charge in [0.2, 0.25) is 0 Å². The SMILES string of the molecule is CC(NC(=O)c1cc(Br)ccc1Cl)c1ccc(C#N)cc1. The third-order valence-corrected chi connectivity index (χ3v) is 3.88. The average molecular weight is 364 g/mol. The molecule has 0 fully saturated rings. The van der Waals surface area contributed by atoms with Gasteiger partial charge in [-0.1, -0.05) is 39.7 Å². The van der Waals surface area contributed by atoms with Gasteiger partial charge in [-0.3, -0.25) is 4.79 Å². The maximum absolute atomic E-state index is 12.3. The second kappa shape index (κ2) is 6.75. The lowest BCUT2D eigenvalue weighted by atomic mass is 10.1. The maximum Gasteiger partial charge on any atom is 0.253 e. The van der Waals surface area contributed by atoms with Crippen LogP contribution in [0.25, 0.3) is 0 Å². The molecule has 0 aliphatic carbocycles. The number of amides is 1. The lowest BCUT2D eigenvalue weighted by molar-refractivity contribution is 0.0940. The van der Waals surface area contributed by atoms with Crippen molar-refractivity contribution < 1.29 is 4.79 Å². The van der Waals surface area contributed by atoms with Gasteiger partial charge in [0, 0.05) is 4.47 Å². The Hall–Kier alpha value is -1.83. The van der Waals surface area contributed by atoms with E-state index in [2.05, 4.69) is 27.3 Å². The first kappa shape index (κ1) is 15.6. The fourth-order valence-electron chi connectivity index (χ4n) is 1.88. The van der Waals surface area contributed by atoms with Crippen LogP contribution in [0.1, 0.15) is 34.5 Å². The number of carbonyl (C=O) groups excluding carboxylic acids is 1. The van der Waals surface area contributed by atoms with Crippen molar-refractivity contribution in [1.82, 2.24) is 5.32 Å². The zero-order chi connectivity index (χ0) is 15.4. The molecule has 3 nitrogen and oxygen atoms in total. The highest BCUT2D eigenvalue weighted by Gasteiger charge is 2.14. The molecule has 0 saturated carbocycles. The van der Waals surface area contributed by atoms with Gasteiger partial charge in [0.05, 0.1) is 28.3 Å². The summed E-state index contributed by atoms with van der Waals surface area (Å²) in [6.45, 7) is 1.88. The van der Waals surface area contributed by atoms with Crippen LogP contribution in [0.3, 0.4) is 0 Å². The van der Waals surface area contributed by atoms with Crippen molar-refractivity contribution >= 4 is 33.4 Å². The summed E-state index contributed by atoms with van der Waals surface area (Å²) in [5, 5.41) is 12.1. The molecule has 0 spiro atoms. The van der Waals surface area contributed by atoms with Gasteiger partial charge in [-0.15, -0.1) is 0 Å². The summed E-state index contributed by atoms with van der Waals surface area (Å²) in [4.78, 5) is 12.3. The van der Waals surface area contributed by atoms with Gasteiger partial charge in [-0.2, -0.15) is 5.26 Å². The summed E-state index contributed by atoms with van der Waals surface area (Å²) in [7, 11) is 0. The Morgan fingerprint density at radius 2 is 1.95 bits per heavy atom. The van der Waals surface area contributed by atoms with Crippen LogP contribution in [-0.2, 0) is 0 Å². The highest BCUT2D eigenvalue weighted by atomic mass is 79.9. The molecule has 1 N–H and O–H groups in total. The van der Waals surface area contributed by atoms with Crippen LogP contribution in [0, 0.1) is 11.3 Å². The third kappa shape index (κ3) is 3.84. The van der Waals surface area contributed by atoms with Crippen molar-refractivity contribution in [2.75, 3.05) is 0 Å². The van der Waals surface area contributed by atoms with E-state index >= 15 is 0 Å². The number of nitrogens with one attached hydrogen (secondary N) is 1. The Bertz CT molecular complexity index is 707. The van der Waals surface area contributed by atoms with Crippen molar-refractivity contribution in [3.63, 3.8) is 0 Å². The number of hydrogen-bond donors (Lipinski definition) is 1. The maximum atomic E-state index is 12.3. The van der Waals surface area contributed by atoms with Crippen LogP contribution in [0.5, 0.6) is 0 Å². The summed E-state index contributed by atoms with van der Waals surface area (Å²) in [6, 6.07) is 14.1. The molecule has 2 aromatic rings. The van der Waals surface area contributed by atoms with E-state index in [1.54, 1.807) is 30.3 Å². The highest BCUT2D eigenvalue weighted by molar-refractivity contribution is 9.10. The van der Waals surface area contributed by atoms with E-state index in [0.717, 1.165) is 10.0 Å². The quantitative estimate of drug-likeness (QED) is 0.875. The third-order valence-electron chi connectivity index (χ3n) is 3.06. The van der Waals surface area contributed by atoms with Gasteiger partial charge in [0.1, 0.15) is 0 Å². The van der Waals surface area contributed by atoms with Crippen LogP contribution < -0.4 is 5.32 Å². The Morgan fingerprint density at radius 1 is 1.29 bits per heavy atom. The number of benzene rings is 2.